The maximum atomic E-state index is 9.59. The Labute approximate surface area is 92.3 Å². The van der Waals surface area contributed by atoms with E-state index in [2.05, 4.69) is 31.3 Å². The van der Waals surface area contributed by atoms with Gasteiger partial charge in [-0.05, 0) is 24.9 Å². The fraction of sp³-hybridized carbons (Fsp3) is 0.538. The Morgan fingerprint density at radius 1 is 1.20 bits per heavy atom. The van der Waals surface area contributed by atoms with Gasteiger partial charge in [-0.15, -0.1) is 0 Å². The molecule has 1 atom stereocenters. The van der Waals surface area contributed by atoms with Crippen LogP contribution in [0.4, 0.5) is 0 Å². The molecule has 0 radical (unpaired) electrons. The molecule has 1 aromatic carbocycles. The highest BCUT2D eigenvalue weighted by atomic mass is 16.3. The van der Waals surface area contributed by atoms with Gasteiger partial charge < -0.3 is 10.4 Å². The summed E-state index contributed by atoms with van der Waals surface area (Å²) in [5.41, 5.74) is 0.903. The molecule has 2 N–H and O–H groups in total. The van der Waals surface area contributed by atoms with Crippen molar-refractivity contribution in [3.8, 4) is 0 Å². The van der Waals surface area contributed by atoms with Gasteiger partial charge in [0.25, 0.3) is 0 Å². The van der Waals surface area contributed by atoms with Crippen molar-refractivity contribution in [2.24, 2.45) is 0 Å². The SMILES string of the molecule is CCCNC(CC)(CO)c1ccccc1. The van der Waals surface area contributed by atoms with Gasteiger partial charge in [0.1, 0.15) is 0 Å². The van der Waals surface area contributed by atoms with E-state index in [9.17, 15) is 5.11 Å². The maximum absolute atomic E-state index is 9.59. The molecule has 0 amide bonds. The third kappa shape index (κ3) is 2.80. The summed E-state index contributed by atoms with van der Waals surface area (Å²) in [5.74, 6) is 0. The Morgan fingerprint density at radius 3 is 2.33 bits per heavy atom. The van der Waals surface area contributed by atoms with Crippen molar-refractivity contribution in [3.05, 3.63) is 35.9 Å². The molecule has 15 heavy (non-hydrogen) atoms. The molecule has 0 aliphatic carbocycles. The number of aliphatic hydroxyl groups excluding tert-OH is 1. The summed E-state index contributed by atoms with van der Waals surface area (Å²) in [6.45, 7) is 5.32. The molecular formula is C13H21NO. The van der Waals surface area contributed by atoms with Crippen LogP contribution in [-0.2, 0) is 5.54 Å². The number of hydrogen-bond donors (Lipinski definition) is 2. The molecule has 0 aromatic heterocycles. The molecule has 0 saturated carbocycles. The van der Waals surface area contributed by atoms with E-state index < -0.39 is 0 Å². The molecule has 0 saturated heterocycles. The van der Waals surface area contributed by atoms with Crippen LogP contribution in [0.2, 0.25) is 0 Å². The summed E-state index contributed by atoms with van der Waals surface area (Å²) in [6, 6.07) is 10.2. The van der Waals surface area contributed by atoms with Gasteiger partial charge in [-0.1, -0.05) is 44.2 Å². The van der Waals surface area contributed by atoms with Gasteiger partial charge in [0, 0.05) is 0 Å². The average molecular weight is 207 g/mol. The lowest BCUT2D eigenvalue weighted by Gasteiger charge is -2.32. The van der Waals surface area contributed by atoms with Crippen LogP contribution in [0.15, 0.2) is 30.3 Å². The van der Waals surface area contributed by atoms with Crippen LogP contribution < -0.4 is 5.32 Å². The summed E-state index contributed by atoms with van der Waals surface area (Å²) in [6.07, 6.45) is 1.97. The summed E-state index contributed by atoms with van der Waals surface area (Å²) in [5, 5.41) is 13.0. The molecule has 1 rings (SSSR count). The van der Waals surface area contributed by atoms with Crippen LogP contribution >= 0.6 is 0 Å². The van der Waals surface area contributed by atoms with Crippen LogP contribution in [0.25, 0.3) is 0 Å². The zero-order valence-corrected chi connectivity index (χ0v) is 9.66. The van der Waals surface area contributed by atoms with Gasteiger partial charge in [-0.3, -0.25) is 0 Å². The fourth-order valence-corrected chi connectivity index (χ4v) is 1.81. The topological polar surface area (TPSA) is 32.3 Å². The average Bonchev–Trinajstić information content (AvgIpc) is 2.33. The third-order valence-electron chi connectivity index (χ3n) is 2.91. The minimum atomic E-state index is -0.267. The van der Waals surface area contributed by atoms with E-state index in [1.165, 1.54) is 5.56 Å². The number of benzene rings is 1. The smallest absolute Gasteiger partial charge is 0.0666 e. The lowest BCUT2D eigenvalue weighted by Crippen LogP contribution is -2.45. The Hall–Kier alpha value is -0.860. The van der Waals surface area contributed by atoms with E-state index >= 15 is 0 Å². The second-order valence-corrected chi connectivity index (χ2v) is 3.89. The molecule has 0 aliphatic heterocycles. The molecule has 0 heterocycles. The van der Waals surface area contributed by atoms with E-state index in [-0.39, 0.29) is 12.1 Å². The van der Waals surface area contributed by atoms with E-state index in [0.717, 1.165) is 19.4 Å². The molecule has 2 nitrogen and oxygen atoms in total. The van der Waals surface area contributed by atoms with Crippen LogP contribution in [0.1, 0.15) is 32.3 Å². The normalized spacial score (nSPS) is 14.9. The fourth-order valence-electron chi connectivity index (χ4n) is 1.81. The van der Waals surface area contributed by atoms with Crippen molar-refractivity contribution in [2.75, 3.05) is 13.2 Å². The maximum Gasteiger partial charge on any atom is 0.0666 e. The lowest BCUT2D eigenvalue weighted by atomic mass is 9.88. The highest BCUT2D eigenvalue weighted by Gasteiger charge is 2.28. The molecule has 0 aliphatic rings. The largest absolute Gasteiger partial charge is 0.394 e. The Kier molecular flexibility index (Phi) is 4.79. The Balaban J connectivity index is 2.89. The van der Waals surface area contributed by atoms with Crippen molar-refractivity contribution < 1.29 is 5.11 Å². The summed E-state index contributed by atoms with van der Waals surface area (Å²) >= 11 is 0. The van der Waals surface area contributed by atoms with E-state index in [0.29, 0.717) is 0 Å². The van der Waals surface area contributed by atoms with Crippen LogP contribution in [-0.4, -0.2) is 18.3 Å². The molecule has 0 bridgehead atoms. The van der Waals surface area contributed by atoms with E-state index in [1.807, 2.05) is 18.2 Å². The van der Waals surface area contributed by atoms with Crippen molar-refractivity contribution >= 4 is 0 Å². The molecule has 1 aromatic rings. The van der Waals surface area contributed by atoms with Gasteiger partial charge in [0.15, 0.2) is 0 Å². The molecule has 84 valence electrons. The monoisotopic (exact) mass is 207 g/mol. The van der Waals surface area contributed by atoms with Gasteiger partial charge in [-0.25, -0.2) is 0 Å². The van der Waals surface area contributed by atoms with Crippen LogP contribution in [0, 0.1) is 0 Å². The first-order valence-electron chi connectivity index (χ1n) is 5.70. The van der Waals surface area contributed by atoms with Gasteiger partial charge in [0.05, 0.1) is 12.1 Å². The van der Waals surface area contributed by atoms with Crippen molar-refractivity contribution in [2.45, 2.75) is 32.2 Å². The number of hydrogen-bond acceptors (Lipinski definition) is 2. The van der Waals surface area contributed by atoms with Crippen LogP contribution in [0.5, 0.6) is 0 Å². The minimum Gasteiger partial charge on any atom is -0.394 e. The Bertz CT molecular complexity index is 267. The quantitative estimate of drug-likeness (QED) is 0.750. The summed E-state index contributed by atoms with van der Waals surface area (Å²) in [4.78, 5) is 0. The van der Waals surface area contributed by atoms with Crippen LogP contribution in [0.3, 0.4) is 0 Å². The van der Waals surface area contributed by atoms with Gasteiger partial charge in [-0.2, -0.15) is 0 Å². The van der Waals surface area contributed by atoms with Crippen molar-refractivity contribution in [3.63, 3.8) is 0 Å². The van der Waals surface area contributed by atoms with E-state index in [4.69, 9.17) is 0 Å². The number of aliphatic hydroxyl groups is 1. The van der Waals surface area contributed by atoms with Crippen molar-refractivity contribution in [1.29, 1.82) is 0 Å². The predicted octanol–water partition coefficient (Wildman–Crippen LogP) is 2.28. The highest BCUT2D eigenvalue weighted by Crippen LogP contribution is 2.24. The van der Waals surface area contributed by atoms with Gasteiger partial charge in [0.2, 0.25) is 0 Å². The predicted molar refractivity (Wildman–Crippen MR) is 63.8 cm³/mol. The summed E-state index contributed by atoms with van der Waals surface area (Å²) in [7, 11) is 0. The second-order valence-electron chi connectivity index (χ2n) is 3.89. The lowest BCUT2D eigenvalue weighted by molar-refractivity contribution is 0.156. The van der Waals surface area contributed by atoms with Gasteiger partial charge >= 0.3 is 0 Å². The Morgan fingerprint density at radius 2 is 1.87 bits per heavy atom. The highest BCUT2D eigenvalue weighted by molar-refractivity contribution is 5.24. The molecule has 0 spiro atoms. The summed E-state index contributed by atoms with van der Waals surface area (Å²) < 4.78 is 0. The molecule has 2 heteroatoms. The van der Waals surface area contributed by atoms with Crippen molar-refractivity contribution in [1.82, 2.24) is 5.32 Å². The molecule has 1 unspecified atom stereocenters. The molecule has 0 fully saturated rings. The number of nitrogens with one attached hydrogen (secondary N) is 1. The third-order valence-corrected chi connectivity index (χ3v) is 2.91. The first kappa shape index (κ1) is 12.2. The minimum absolute atomic E-state index is 0.146. The molecular weight excluding hydrogens is 186 g/mol. The zero-order valence-electron chi connectivity index (χ0n) is 9.66. The first-order chi connectivity index (χ1) is 7.29. The second kappa shape index (κ2) is 5.89. The first-order valence-corrected chi connectivity index (χ1v) is 5.70. The zero-order chi connectivity index (χ0) is 11.1. The van der Waals surface area contributed by atoms with E-state index in [1.54, 1.807) is 0 Å². The number of rotatable bonds is 6. The standard InChI is InChI=1S/C13H21NO/c1-3-10-14-13(4-2,11-15)12-8-6-5-7-9-12/h5-9,14-15H,3-4,10-11H2,1-2H3.